The maximum absolute atomic E-state index is 5.56. The van der Waals surface area contributed by atoms with Crippen LogP contribution in [-0.2, 0) is 14.2 Å². The normalized spacial score (nSPS) is 19.9. The number of rotatable bonds is 6. The van der Waals surface area contributed by atoms with Gasteiger partial charge in [-0.25, -0.2) is 0 Å². The van der Waals surface area contributed by atoms with E-state index in [-0.39, 0.29) is 6.34 Å². The Bertz CT molecular complexity index is 1960. The van der Waals surface area contributed by atoms with E-state index in [4.69, 9.17) is 0 Å². The Morgan fingerprint density at radius 1 is 0.521 bits per heavy atom. The van der Waals surface area contributed by atoms with Crippen LogP contribution in [0.15, 0.2) is 97.1 Å². The van der Waals surface area contributed by atoms with E-state index in [0.29, 0.717) is 19.2 Å². The molecule has 0 spiro atoms. The third kappa shape index (κ3) is 4.03. The molecule has 2 aliphatic rings. The summed E-state index contributed by atoms with van der Waals surface area (Å²) in [7, 11) is 0. The summed E-state index contributed by atoms with van der Waals surface area (Å²) in [4.78, 5) is 0. The van der Waals surface area contributed by atoms with Gasteiger partial charge in [0.25, 0.3) is 0 Å². The zero-order valence-corrected chi connectivity index (χ0v) is 36.9. The molecule has 2 heteroatoms. The fourth-order valence-corrected chi connectivity index (χ4v) is 57.3. The van der Waals surface area contributed by atoms with Gasteiger partial charge in [-0.05, 0) is 0 Å². The van der Waals surface area contributed by atoms with Gasteiger partial charge in [-0.15, -0.1) is 0 Å². The molecule has 0 aliphatic heterocycles. The van der Waals surface area contributed by atoms with Crippen LogP contribution >= 0.6 is 0 Å². The molecule has 0 heterocycles. The van der Waals surface area contributed by atoms with Crippen molar-refractivity contribution in [3.8, 4) is 22.3 Å². The molecule has 2 unspecified atom stereocenters. The predicted octanol–water partition coefficient (Wildman–Crippen LogP) is 13.9. The molecule has 0 nitrogen and oxygen atoms in total. The molecule has 48 heavy (non-hydrogen) atoms. The van der Waals surface area contributed by atoms with Gasteiger partial charge in [0.1, 0.15) is 0 Å². The Balaban J connectivity index is 1.63. The van der Waals surface area contributed by atoms with Crippen molar-refractivity contribution in [2.45, 2.75) is 104 Å². The monoisotopic (exact) mass is 820 g/mol. The van der Waals surface area contributed by atoms with Crippen LogP contribution in [0.25, 0.3) is 34.4 Å². The number of fused-ring (bicyclic) bond motifs is 2. The van der Waals surface area contributed by atoms with Gasteiger partial charge in [0.2, 0.25) is 0 Å². The van der Waals surface area contributed by atoms with E-state index in [9.17, 15) is 0 Å². The molecule has 252 valence electrons. The summed E-state index contributed by atoms with van der Waals surface area (Å²) in [6, 6.07) is 33.0. The molecule has 4 aromatic rings. The summed E-state index contributed by atoms with van der Waals surface area (Å²) in [6.45, 7) is 27.3. The first-order chi connectivity index (χ1) is 22.1. The van der Waals surface area contributed by atoms with Crippen LogP contribution in [0.1, 0.15) is 122 Å². The molecule has 2 atom stereocenters. The van der Waals surface area contributed by atoms with E-state index in [1.165, 1.54) is 55.6 Å². The first kappa shape index (κ1) is 35.3. The molecule has 4 aromatic carbocycles. The van der Waals surface area contributed by atoms with E-state index in [0.717, 1.165) is 0 Å². The molecule has 0 saturated heterocycles. The summed E-state index contributed by atoms with van der Waals surface area (Å²) < 4.78 is 6.49. The minimum absolute atomic E-state index is 0.0256. The Labute approximate surface area is 288 Å². The van der Waals surface area contributed by atoms with Crippen LogP contribution in [0.5, 0.6) is 0 Å². The van der Waals surface area contributed by atoms with Crippen LogP contribution in [-0.4, -0.2) is 6.94 Å². The van der Waals surface area contributed by atoms with E-state index in [2.05, 4.69) is 195 Å². The van der Waals surface area contributed by atoms with Gasteiger partial charge in [-0.2, -0.15) is 0 Å². The third-order valence-electron chi connectivity index (χ3n) is 16.8. The van der Waals surface area contributed by atoms with Crippen molar-refractivity contribution >= 4 is 19.1 Å². The van der Waals surface area contributed by atoms with Crippen molar-refractivity contribution in [3.05, 3.63) is 130 Å². The molecule has 0 saturated carbocycles. The summed E-state index contributed by atoms with van der Waals surface area (Å²) in [5.41, 5.74) is 14.0. The summed E-state index contributed by atoms with van der Waals surface area (Å²) in [5, 5.41) is 0. The molecular weight excluding hydrogens is 759 g/mol. The molecule has 0 aromatic heterocycles. The summed E-state index contributed by atoms with van der Waals surface area (Å²) in [5.74, 6) is 1.06. The van der Waals surface area contributed by atoms with Crippen LogP contribution in [0.2, 0.25) is 15.7 Å². The van der Waals surface area contributed by atoms with Crippen molar-refractivity contribution in [2.75, 3.05) is 0 Å². The standard InChI is InChI=1S/2C18H17.2C4H9.2CH3.Hf.H2Si/c2*1-13(2)14-9-11-16(12-10-14)18-8-4-6-15-5-3-7-17(15)18;2*1-4(2)3;;;;/h2*3-13H,1-2H3;2*1-3H3;2*1H3;;1H2. The SMILES string of the molecule is CC(C)c1ccc(-c2cccc3c2C=C[CH]3[Hf]([CH3])([CH3])(=[SiH2])([CH]2C=Cc3c(-c4ccc(C(C)C)cc4)cccc32)([C](C)(C)C)[C](C)(C)C)cc1. The van der Waals surface area contributed by atoms with Crippen molar-refractivity contribution < 1.29 is 14.2 Å². The average molecular weight is 820 g/mol. The molecule has 6 rings (SSSR count). The van der Waals surface area contributed by atoms with Gasteiger partial charge in [-0.1, -0.05) is 0 Å². The maximum atomic E-state index is 2.89. The van der Waals surface area contributed by atoms with Gasteiger partial charge in [0.15, 0.2) is 0 Å². The van der Waals surface area contributed by atoms with Gasteiger partial charge >= 0.3 is 290 Å². The molecular formula is C46H60HfSi. The van der Waals surface area contributed by atoms with Crippen LogP contribution in [0.3, 0.4) is 0 Å². The van der Waals surface area contributed by atoms with Gasteiger partial charge in [-0.3, -0.25) is 0 Å². The van der Waals surface area contributed by atoms with Gasteiger partial charge < -0.3 is 0 Å². The third-order valence-corrected chi connectivity index (χ3v) is 111. The van der Waals surface area contributed by atoms with E-state index in [1.807, 2.05) is 0 Å². The van der Waals surface area contributed by atoms with Crippen LogP contribution < -0.4 is 0 Å². The van der Waals surface area contributed by atoms with E-state index < -0.39 is 14.2 Å². The van der Waals surface area contributed by atoms with Gasteiger partial charge in [0, 0.05) is 0 Å². The van der Waals surface area contributed by atoms with E-state index in [1.54, 1.807) is 0 Å². The number of hydrogen-bond acceptors (Lipinski definition) is 0. The molecule has 0 amide bonds. The average Bonchev–Trinajstić information content (AvgIpc) is 3.67. The first-order valence-corrected chi connectivity index (χ1v) is 41.7. The molecule has 0 bridgehead atoms. The number of benzene rings is 4. The summed E-state index contributed by atoms with van der Waals surface area (Å²) >= 11 is -5.56. The topological polar surface area (TPSA) is 0 Å². The fourth-order valence-electron chi connectivity index (χ4n) is 10.6. The zero-order valence-electron chi connectivity index (χ0n) is 31.9. The molecule has 0 radical (unpaired) electrons. The first-order valence-electron chi connectivity index (χ1n) is 18.4. The quantitative estimate of drug-likeness (QED) is 0.170. The second kappa shape index (κ2) is 10.3. The van der Waals surface area contributed by atoms with Crippen molar-refractivity contribution in [1.29, 1.82) is 0 Å². The second-order valence-electron chi connectivity index (χ2n) is 20.3. The van der Waals surface area contributed by atoms with Crippen molar-refractivity contribution in [3.63, 3.8) is 0 Å². The Morgan fingerprint density at radius 3 is 1.15 bits per heavy atom. The van der Waals surface area contributed by atoms with E-state index >= 15 is 0 Å². The van der Waals surface area contributed by atoms with Crippen molar-refractivity contribution in [2.24, 2.45) is 0 Å². The number of hydrogen-bond donors (Lipinski definition) is 0. The molecule has 2 aliphatic carbocycles. The van der Waals surface area contributed by atoms with Crippen LogP contribution in [0.4, 0.5) is 0 Å². The fraction of sp³-hybridized carbons (Fsp3) is 0.391. The predicted molar refractivity (Wildman–Crippen MR) is 215 cm³/mol. The Hall–Kier alpha value is -2.55. The second-order valence-corrected chi connectivity index (χ2v) is 95.5. The molecule has 0 fully saturated rings. The molecule has 0 N–H and O–H groups in total. The minimum atomic E-state index is -5.56. The Kier molecular flexibility index (Phi) is 7.54. The number of allylic oxidation sites excluding steroid dienone is 2. The van der Waals surface area contributed by atoms with Crippen molar-refractivity contribution in [1.82, 2.24) is 0 Å². The zero-order chi connectivity index (χ0) is 35.2. The van der Waals surface area contributed by atoms with Gasteiger partial charge in [0.05, 0.1) is 0 Å². The Morgan fingerprint density at radius 2 is 0.854 bits per heavy atom. The summed E-state index contributed by atoms with van der Waals surface area (Å²) in [6.07, 6.45) is 10.4. The van der Waals surface area contributed by atoms with Crippen LogP contribution in [0, 0.1) is 0 Å².